The second-order valence-corrected chi connectivity index (χ2v) is 1.94. The maximum absolute atomic E-state index is 3.76. The number of halogens is 1. The molecule has 0 bridgehead atoms. The topological polar surface area (TPSA) is 12.4 Å². The quantitative estimate of drug-likeness (QED) is 0.393. The molecular formula is C6H8IN. The zero-order chi connectivity index (χ0) is 6.24. The Hall–Kier alpha value is -0.120. The Balaban J connectivity index is 3.26. The fourth-order valence-corrected chi connectivity index (χ4v) is 0.516. The van der Waals surface area contributed by atoms with E-state index in [1.807, 2.05) is 12.2 Å². The molecule has 0 atom stereocenters. The summed E-state index contributed by atoms with van der Waals surface area (Å²) in [4.78, 5) is 3.76. The number of aliphatic imine (C=N–C) groups is 1. The lowest BCUT2D eigenvalue weighted by atomic mass is 10.6. The minimum absolute atomic E-state index is 1.03. The van der Waals surface area contributed by atoms with Crippen LogP contribution in [0.2, 0.25) is 0 Å². The van der Waals surface area contributed by atoms with E-state index in [1.54, 1.807) is 6.21 Å². The molecule has 0 N–H and O–H groups in total. The van der Waals surface area contributed by atoms with Crippen molar-refractivity contribution in [1.29, 1.82) is 0 Å². The lowest BCUT2D eigenvalue weighted by molar-refractivity contribution is 1.62. The molecule has 0 heterocycles. The number of rotatable bonds is 3. The van der Waals surface area contributed by atoms with Gasteiger partial charge in [-0.25, -0.2) is 0 Å². The Bertz CT molecular complexity index is 105. The van der Waals surface area contributed by atoms with Crippen LogP contribution in [0, 0.1) is 0 Å². The van der Waals surface area contributed by atoms with Crippen LogP contribution in [0.4, 0.5) is 0 Å². The Labute approximate surface area is 63.3 Å². The first-order chi connectivity index (χ1) is 3.91. The van der Waals surface area contributed by atoms with Gasteiger partial charge in [-0.1, -0.05) is 35.2 Å². The summed E-state index contributed by atoms with van der Waals surface area (Å²) in [7, 11) is 0. The highest BCUT2D eigenvalue weighted by atomic mass is 127. The SMILES string of the molecule is C=C/N=C\C=C/CI. The maximum Gasteiger partial charge on any atom is 0.0264 e. The minimum atomic E-state index is 1.03. The zero-order valence-electron chi connectivity index (χ0n) is 4.55. The number of hydrogen-bond acceptors (Lipinski definition) is 1. The third-order valence-corrected chi connectivity index (χ3v) is 1.01. The van der Waals surface area contributed by atoms with Crippen molar-refractivity contribution >= 4 is 28.8 Å². The van der Waals surface area contributed by atoms with E-state index in [0.717, 1.165) is 4.43 Å². The van der Waals surface area contributed by atoms with E-state index in [4.69, 9.17) is 0 Å². The summed E-state index contributed by atoms with van der Waals surface area (Å²) in [5.41, 5.74) is 0. The molecule has 0 saturated carbocycles. The molecule has 0 radical (unpaired) electrons. The van der Waals surface area contributed by atoms with E-state index in [0.29, 0.717) is 0 Å². The van der Waals surface area contributed by atoms with Gasteiger partial charge in [-0.2, -0.15) is 0 Å². The molecular weight excluding hydrogens is 213 g/mol. The summed E-state index contributed by atoms with van der Waals surface area (Å²) in [5.74, 6) is 0. The molecule has 0 saturated heterocycles. The van der Waals surface area contributed by atoms with Crippen LogP contribution in [-0.2, 0) is 0 Å². The third kappa shape index (κ3) is 5.88. The molecule has 2 heteroatoms. The molecule has 0 aromatic carbocycles. The van der Waals surface area contributed by atoms with Gasteiger partial charge in [-0.3, -0.25) is 4.99 Å². The van der Waals surface area contributed by atoms with Crippen molar-refractivity contribution in [3.05, 3.63) is 24.9 Å². The van der Waals surface area contributed by atoms with E-state index in [9.17, 15) is 0 Å². The van der Waals surface area contributed by atoms with Crippen molar-refractivity contribution in [3.63, 3.8) is 0 Å². The highest BCUT2D eigenvalue weighted by Crippen LogP contribution is 1.80. The van der Waals surface area contributed by atoms with Gasteiger partial charge in [0.25, 0.3) is 0 Å². The largest absolute Gasteiger partial charge is 0.265 e. The lowest BCUT2D eigenvalue weighted by Gasteiger charge is -1.70. The van der Waals surface area contributed by atoms with Crippen molar-refractivity contribution < 1.29 is 0 Å². The molecule has 8 heavy (non-hydrogen) atoms. The van der Waals surface area contributed by atoms with Gasteiger partial charge in [0.1, 0.15) is 0 Å². The first-order valence-electron chi connectivity index (χ1n) is 2.27. The van der Waals surface area contributed by atoms with Crippen LogP contribution in [0.25, 0.3) is 0 Å². The molecule has 0 unspecified atom stereocenters. The summed E-state index contributed by atoms with van der Waals surface area (Å²) >= 11 is 2.26. The summed E-state index contributed by atoms with van der Waals surface area (Å²) in [5, 5.41) is 0. The average Bonchev–Trinajstić information content (AvgIpc) is 1.81. The second kappa shape index (κ2) is 6.88. The summed E-state index contributed by atoms with van der Waals surface area (Å²) in [6.07, 6.45) is 7.14. The van der Waals surface area contributed by atoms with Crippen molar-refractivity contribution in [2.24, 2.45) is 4.99 Å². The van der Waals surface area contributed by atoms with Crippen LogP contribution >= 0.6 is 22.6 Å². The molecule has 0 aliphatic carbocycles. The zero-order valence-corrected chi connectivity index (χ0v) is 6.71. The van der Waals surface area contributed by atoms with E-state index in [1.165, 1.54) is 6.20 Å². The Morgan fingerprint density at radius 3 is 2.88 bits per heavy atom. The highest BCUT2D eigenvalue weighted by Gasteiger charge is 1.61. The molecule has 0 spiro atoms. The second-order valence-electron chi connectivity index (χ2n) is 1.06. The lowest BCUT2D eigenvalue weighted by Crippen LogP contribution is -1.61. The van der Waals surface area contributed by atoms with Crippen molar-refractivity contribution in [2.45, 2.75) is 0 Å². The van der Waals surface area contributed by atoms with Crippen LogP contribution in [0.3, 0.4) is 0 Å². The van der Waals surface area contributed by atoms with Gasteiger partial charge in [0.15, 0.2) is 0 Å². The van der Waals surface area contributed by atoms with Gasteiger partial charge in [0, 0.05) is 16.8 Å². The molecule has 0 amide bonds. The number of alkyl halides is 1. The Morgan fingerprint density at radius 2 is 2.38 bits per heavy atom. The molecule has 0 aromatic heterocycles. The number of nitrogens with zero attached hydrogens (tertiary/aromatic N) is 1. The van der Waals surface area contributed by atoms with Gasteiger partial charge < -0.3 is 0 Å². The predicted molar refractivity (Wildman–Crippen MR) is 46.7 cm³/mol. The van der Waals surface area contributed by atoms with Crippen LogP contribution in [0.15, 0.2) is 29.9 Å². The van der Waals surface area contributed by atoms with Crippen molar-refractivity contribution in [3.8, 4) is 0 Å². The fraction of sp³-hybridized carbons (Fsp3) is 0.167. The molecule has 0 fully saturated rings. The predicted octanol–water partition coefficient (Wildman–Crippen LogP) is 2.19. The normalized spacial score (nSPS) is 11.1. The standard InChI is InChI=1S/C6H8IN/c1-2-8-6-4-3-5-7/h2-4,6H,1,5H2/b4-3-,8-6-. The first-order valence-corrected chi connectivity index (χ1v) is 3.79. The van der Waals surface area contributed by atoms with E-state index < -0.39 is 0 Å². The molecule has 0 rings (SSSR count). The van der Waals surface area contributed by atoms with E-state index in [-0.39, 0.29) is 0 Å². The molecule has 0 aliphatic rings. The Kier molecular flexibility index (Phi) is 6.78. The smallest absolute Gasteiger partial charge is 0.0264 e. The van der Waals surface area contributed by atoms with Gasteiger partial charge in [-0.05, 0) is 6.08 Å². The maximum atomic E-state index is 3.76. The number of allylic oxidation sites excluding steroid dienone is 2. The third-order valence-electron chi connectivity index (χ3n) is 0.503. The molecule has 44 valence electrons. The van der Waals surface area contributed by atoms with Crippen LogP contribution in [0.5, 0.6) is 0 Å². The van der Waals surface area contributed by atoms with Gasteiger partial charge in [0.05, 0.1) is 0 Å². The van der Waals surface area contributed by atoms with Gasteiger partial charge in [0.2, 0.25) is 0 Å². The molecule has 1 nitrogen and oxygen atoms in total. The first kappa shape index (κ1) is 7.88. The molecule has 0 aliphatic heterocycles. The monoisotopic (exact) mass is 221 g/mol. The number of hydrogen-bond donors (Lipinski definition) is 0. The Morgan fingerprint density at radius 1 is 1.62 bits per heavy atom. The summed E-state index contributed by atoms with van der Waals surface area (Å²) in [6, 6.07) is 0. The van der Waals surface area contributed by atoms with Crippen LogP contribution in [-0.4, -0.2) is 10.6 Å². The van der Waals surface area contributed by atoms with Gasteiger partial charge >= 0.3 is 0 Å². The van der Waals surface area contributed by atoms with Crippen LogP contribution < -0.4 is 0 Å². The van der Waals surface area contributed by atoms with E-state index in [2.05, 4.69) is 34.2 Å². The highest BCUT2D eigenvalue weighted by molar-refractivity contribution is 14.1. The minimum Gasteiger partial charge on any atom is -0.265 e. The van der Waals surface area contributed by atoms with Crippen molar-refractivity contribution in [2.75, 3.05) is 4.43 Å². The molecule has 0 aromatic rings. The summed E-state index contributed by atoms with van der Waals surface area (Å²) < 4.78 is 1.03. The van der Waals surface area contributed by atoms with Gasteiger partial charge in [-0.15, -0.1) is 0 Å². The van der Waals surface area contributed by atoms with E-state index >= 15 is 0 Å². The van der Waals surface area contributed by atoms with Crippen LogP contribution in [0.1, 0.15) is 0 Å². The summed E-state index contributed by atoms with van der Waals surface area (Å²) in [6.45, 7) is 3.42. The average molecular weight is 221 g/mol. The van der Waals surface area contributed by atoms with Crippen molar-refractivity contribution in [1.82, 2.24) is 0 Å². The fourth-order valence-electron chi connectivity index (χ4n) is 0.223.